The van der Waals surface area contributed by atoms with Crippen molar-refractivity contribution in [2.45, 2.75) is 13.0 Å². The Labute approximate surface area is 152 Å². The fraction of sp³-hybridized carbons (Fsp3) is 0.158. The molecular formula is C19H16BrNO4. The van der Waals surface area contributed by atoms with Crippen LogP contribution in [0.5, 0.6) is 5.75 Å². The monoisotopic (exact) mass is 401 g/mol. The number of nitrogens with zero attached hydrogens (tertiary/aromatic N) is 1. The molecule has 0 unspecified atom stereocenters. The highest BCUT2D eigenvalue weighted by Gasteiger charge is 2.13. The van der Waals surface area contributed by atoms with E-state index in [9.17, 15) is 9.59 Å². The Hall–Kier alpha value is -2.60. The minimum absolute atomic E-state index is 0.255. The Bertz CT molecular complexity index is 993. The lowest BCUT2D eigenvalue weighted by Gasteiger charge is -2.14. The second kappa shape index (κ2) is 7.11. The Morgan fingerprint density at radius 3 is 2.56 bits per heavy atom. The molecule has 0 fully saturated rings. The Balaban J connectivity index is 2.18. The summed E-state index contributed by atoms with van der Waals surface area (Å²) in [7, 11) is 1.53. The van der Waals surface area contributed by atoms with Gasteiger partial charge in [0.1, 0.15) is 5.75 Å². The van der Waals surface area contributed by atoms with Crippen molar-refractivity contribution in [1.82, 2.24) is 4.57 Å². The number of carboxylic acids is 1. The number of carboxylic acid groups (broad SMARTS) is 1. The van der Waals surface area contributed by atoms with Crippen molar-refractivity contribution in [3.8, 4) is 5.75 Å². The van der Waals surface area contributed by atoms with E-state index in [1.54, 1.807) is 18.3 Å². The van der Waals surface area contributed by atoms with Crippen molar-refractivity contribution in [1.29, 1.82) is 0 Å². The second-order valence-corrected chi connectivity index (χ2v) is 6.61. The molecule has 1 heterocycles. The molecule has 1 aromatic heterocycles. The zero-order valence-corrected chi connectivity index (χ0v) is 15.1. The lowest BCUT2D eigenvalue weighted by atomic mass is 10.1. The van der Waals surface area contributed by atoms with Gasteiger partial charge in [-0.1, -0.05) is 28.1 Å². The van der Waals surface area contributed by atoms with Crippen molar-refractivity contribution in [3.63, 3.8) is 0 Å². The fourth-order valence-electron chi connectivity index (χ4n) is 2.77. The van der Waals surface area contributed by atoms with Crippen molar-refractivity contribution >= 4 is 32.8 Å². The third kappa shape index (κ3) is 3.74. The Morgan fingerprint density at radius 2 is 1.92 bits per heavy atom. The Kier molecular flexibility index (Phi) is 4.90. The average Bonchev–Trinajstić information content (AvgIpc) is 2.60. The molecule has 0 atom stereocenters. The molecule has 0 aliphatic rings. The zero-order valence-electron chi connectivity index (χ0n) is 13.5. The first kappa shape index (κ1) is 17.2. The number of aromatic nitrogens is 1. The van der Waals surface area contributed by atoms with Crippen molar-refractivity contribution in [2.24, 2.45) is 0 Å². The van der Waals surface area contributed by atoms with Crippen LogP contribution in [-0.4, -0.2) is 22.8 Å². The van der Waals surface area contributed by atoms with Crippen molar-refractivity contribution in [2.75, 3.05) is 7.11 Å². The summed E-state index contributed by atoms with van der Waals surface area (Å²) in [6.45, 7) is 0.531. The van der Waals surface area contributed by atoms with E-state index >= 15 is 0 Å². The molecule has 2 aromatic carbocycles. The number of rotatable bonds is 5. The van der Waals surface area contributed by atoms with Gasteiger partial charge in [0.2, 0.25) is 0 Å². The normalized spacial score (nSPS) is 10.8. The van der Waals surface area contributed by atoms with E-state index in [-0.39, 0.29) is 17.4 Å². The van der Waals surface area contributed by atoms with Crippen LogP contribution in [0.1, 0.15) is 11.1 Å². The largest absolute Gasteiger partial charge is 0.497 e. The summed E-state index contributed by atoms with van der Waals surface area (Å²) in [6.07, 6.45) is 1.32. The predicted octanol–water partition coefficient (Wildman–Crippen LogP) is 3.45. The molecule has 0 spiro atoms. The third-order valence-electron chi connectivity index (χ3n) is 3.97. The van der Waals surface area contributed by atoms with E-state index in [2.05, 4.69) is 15.9 Å². The van der Waals surface area contributed by atoms with E-state index < -0.39 is 5.97 Å². The summed E-state index contributed by atoms with van der Waals surface area (Å²) >= 11 is 3.41. The van der Waals surface area contributed by atoms with E-state index in [0.29, 0.717) is 17.7 Å². The second-order valence-electron chi connectivity index (χ2n) is 5.69. The van der Waals surface area contributed by atoms with E-state index in [0.717, 1.165) is 15.6 Å². The summed E-state index contributed by atoms with van der Waals surface area (Å²) in [4.78, 5) is 23.8. The summed E-state index contributed by atoms with van der Waals surface area (Å²) in [5.74, 6) is -0.471. The first-order valence-electron chi connectivity index (χ1n) is 7.64. The molecule has 0 bridgehead atoms. The average molecular weight is 402 g/mol. The smallest absolute Gasteiger partial charge is 0.308 e. The van der Waals surface area contributed by atoms with Gasteiger partial charge in [-0.15, -0.1) is 0 Å². The molecule has 0 saturated heterocycles. The molecule has 0 aliphatic heterocycles. The maximum Gasteiger partial charge on any atom is 0.308 e. The van der Waals surface area contributed by atoms with Crippen molar-refractivity contribution in [3.05, 3.63) is 74.5 Å². The summed E-state index contributed by atoms with van der Waals surface area (Å²) in [5, 5.41) is 9.55. The number of hydrogen-bond donors (Lipinski definition) is 1. The minimum Gasteiger partial charge on any atom is -0.497 e. The molecule has 0 radical (unpaired) electrons. The van der Waals surface area contributed by atoms with Gasteiger partial charge in [0.25, 0.3) is 0 Å². The van der Waals surface area contributed by atoms with Gasteiger partial charge in [0.05, 0.1) is 19.0 Å². The summed E-state index contributed by atoms with van der Waals surface area (Å²) in [5.41, 5.74) is 1.77. The number of carbonyl (C=O) groups is 1. The lowest BCUT2D eigenvalue weighted by molar-refractivity contribution is -0.136. The third-order valence-corrected chi connectivity index (χ3v) is 4.50. The van der Waals surface area contributed by atoms with E-state index in [1.807, 2.05) is 34.9 Å². The van der Waals surface area contributed by atoms with Crippen LogP contribution < -0.4 is 10.2 Å². The van der Waals surface area contributed by atoms with Gasteiger partial charge >= 0.3 is 5.97 Å². The van der Waals surface area contributed by atoms with E-state index in [1.165, 1.54) is 7.11 Å². The zero-order chi connectivity index (χ0) is 18.0. The van der Waals surface area contributed by atoms with Gasteiger partial charge < -0.3 is 14.4 Å². The maximum absolute atomic E-state index is 12.6. The van der Waals surface area contributed by atoms with Gasteiger partial charge in [-0.25, -0.2) is 0 Å². The van der Waals surface area contributed by atoms with Crippen molar-refractivity contribution < 1.29 is 14.6 Å². The van der Waals surface area contributed by atoms with Gasteiger partial charge in [-0.3, -0.25) is 9.59 Å². The summed E-state index contributed by atoms with van der Waals surface area (Å²) < 4.78 is 8.08. The topological polar surface area (TPSA) is 68.5 Å². The van der Waals surface area contributed by atoms with Gasteiger partial charge in [-0.05, 0) is 35.9 Å². The molecule has 0 amide bonds. The minimum atomic E-state index is -1.03. The quantitative estimate of drug-likeness (QED) is 0.710. The molecule has 0 aliphatic carbocycles. The number of pyridine rings is 1. The van der Waals surface area contributed by atoms with Gasteiger partial charge in [-0.2, -0.15) is 0 Å². The summed E-state index contributed by atoms with van der Waals surface area (Å²) in [6, 6.07) is 13.1. The first-order valence-corrected chi connectivity index (χ1v) is 8.43. The molecule has 3 rings (SSSR count). The standard InChI is InChI=1S/C19H16BrNO4/c1-25-15-6-7-17-16(9-15)19(24)13(8-18(22)23)11-21(17)10-12-2-4-14(20)5-3-12/h2-7,9,11H,8,10H2,1H3,(H,22,23). The molecule has 0 saturated carbocycles. The number of fused-ring (bicyclic) bond motifs is 1. The van der Waals surface area contributed by atoms with E-state index in [4.69, 9.17) is 9.84 Å². The highest BCUT2D eigenvalue weighted by Crippen LogP contribution is 2.21. The first-order chi connectivity index (χ1) is 12.0. The van der Waals surface area contributed by atoms with Crippen LogP contribution in [0.3, 0.4) is 0 Å². The molecule has 5 nitrogen and oxygen atoms in total. The SMILES string of the molecule is COc1ccc2c(c1)c(=O)c(CC(=O)O)cn2Cc1ccc(Br)cc1. The molecule has 6 heteroatoms. The number of hydrogen-bond acceptors (Lipinski definition) is 3. The van der Waals surface area contributed by atoms with Crippen LogP contribution >= 0.6 is 15.9 Å². The predicted molar refractivity (Wildman–Crippen MR) is 99.3 cm³/mol. The van der Waals surface area contributed by atoms with Crippen LogP contribution in [-0.2, 0) is 17.8 Å². The van der Waals surface area contributed by atoms with Gasteiger partial charge in [0.15, 0.2) is 5.43 Å². The highest BCUT2D eigenvalue weighted by atomic mass is 79.9. The number of aliphatic carboxylic acids is 1. The van der Waals surface area contributed by atoms with Crippen LogP contribution in [0, 0.1) is 0 Å². The molecule has 25 heavy (non-hydrogen) atoms. The number of methoxy groups -OCH3 is 1. The van der Waals surface area contributed by atoms with Crippen LogP contribution in [0.4, 0.5) is 0 Å². The number of halogens is 1. The number of benzene rings is 2. The highest BCUT2D eigenvalue weighted by molar-refractivity contribution is 9.10. The fourth-order valence-corrected chi connectivity index (χ4v) is 3.03. The van der Waals surface area contributed by atoms with Crippen LogP contribution in [0.25, 0.3) is 10.9 Å². The molecule has 1 N–H and O–H groups in total. The Morgan fingerprint density at radius 1 is 1.20 bits per heavy atom. The molecular weight excluding hydrogens is 386 g/mol. The maximum atomic E-state index is 12.6. The lowest BCUT2D eigenvalue weighted by Crippen LogP contribution is -2.18. The van der Waals surface area contributed by atoms with Crippen LogP contribution in [0.2, 0.25) is 0 Å². The number of ether oxygens (including phenoxy) is 1. The molecule has 128 valence electrons. The van der Waals surface area contributed by atoms with Gasteiger partial charge in [0, 0.05) is 28.2 Å². The van der Waals surface area contributed by atoms with Crippen LogP contribution in [0.15, 0.2) is 57.9 Å². The molecule has 3 aromatic rings.